The summed E-state index contributed by atoms with van der Waals surface area (Å²) >= 11 is 0. The first-order valence-corrected chi connectivity index (χ1v) is 4.94. The molecular weight excluding hydrogens is 152 g/mol. The molecule has 12 heavy (non-hydrogen) atoms. The van der Waals surface area contributed by atoms with Crippen LogP contribution in [0.15, 0.2) is 0 Å². The Labute approximate surface area is 74.8 Å². The molecule has 2 N–H and O–H groups in total. The van der Waals surface area contributed by atoms with Gasteiger partial charge in [-0.1, -0.05) is 6.92 Å². The van der Waals surface area contributed by atoms with Crippen molar-refractivity contribution in [3.05, 3.63) is 0 Å². The molecular formula is C9H20N2O. The maximum absolute atomic E-state index is 8.71. The molecule has 1 heterocycles. The van der Waals surface area contributed by atoms with Gasteiger partial charge in [0.1, 0.15) is 0 Å². The fourth-order valence-corrected chi connectivity index (χ4v) is 1.57. The summed E-state index contributed by atoms with van der Waals surface area (Å²) in [6.07, 6.45) is 2.12. The van der Waals surface area contributed by atoms with Gasteiger partial charge in [-0.3, -0.25) is 4.90 Å². The van der Waals surface area contributed by atoms with Gasteiger partial charge in [-0.25, -0.2) is 0 Å². The fourth-order valence-electron chi connectivity index (χ4n) is 1.57. The summed E-state index contributed by atoms with van der Waals surface area (Å²) in [6.45, 7) is 7.01. The Morgan fingerprint density at radius 1 is 1.42 bits per heavy atom. The molecule has 0 aromatic carbocycles. The van der Waals surface area contributed by atoms with Crippen LogP contribution in [0, 0.1) is 0 Å². The van der Waals surface area contributed by atoms with Crippen LogP contribution in [-0.2, 0) is 0 Å². The third-order valence-corrected chi connectivity index (χ3v) is 2.39. The summed E-state index contributed by atoms with van der Waals surface area (Å²) < 4.78 is 0. The first-order chi connectivity index (χ1) is 5.88. The highest BCUT2D eigenvalue weighted by Crippen LogP contribution is 2.06. The normalized spacial score (nSPS) is 18.2. The zero-order valence-corrected chi connectivity index (χ0v) is 7.92. The third kappa shape index (κ3) is 2.73. The molecule has 1 aliphatic heterocycles. The van der Waals surface area contributed by atoms with Crippen LogP contribution in [0.25, 0.3) is 0 Å². The second-order valence-electron chi connectivity index (χ2n) is 3.43. The van der Waals surface area contributed by atoms with Crippen LogP contribution in [0.3, 0.4) is 0 Å². The quantitative estimate of drug-likeness (QED) is 0.594. The molecule has 0 radical (unpaired) electrons. The Balaban J connectivity index is 2.17. The molecule has 3 nitrogen and oxygen atoms in total. The van der Waals surface area contributed by atoms with Gasteiger partial charge >= 0.3 is 0 Å². The van der Waals surface area contributed by atoms with Crippen LogP contribution in [0.5, 0.6) is 0 Å². The predicted molar refractivity (Wildman–Crippen MR) is 50.2 cm³/mol. The molecule has 1 rings (SSSR count). The highest BCUT2D eigenvalue weighted by molar-refractivity contribution is 4.84. The largest absolute Gasteiger partial charge is 0.396 e. The molecule has 0 aromatic heterocycles. The van der Waals surface area contributed by atoms with E-state index in [-0.39, 0.29) is 0 Å². The summed E-state index contributed by atoms with van der Waals surface area (Å²) in [7, 11) is 0. The van der Waals surface area contributed by atoms with E-state index < -0.39 is 0 Å². The SMILES string of the molecule is CCCN(CCCO)C1CNC1. The lowest BCUT2D eigenvalue weighted by Gasteiger charge is -2.38. The van der Waals surface area contributed by atoms with Crippen molar-refractivity contribution in [3.8, 4) is 0 Å². The van der Waals surface area contributed by atoms with Gasteiger partial charge in [0.05, 0.1) is 0 Å². The van der Waals surface area contributed by atoms with Crippen molar-refractivity contribution in [2.24, 2.45) is 0 Å². The Kier molecular flexibility index (Phi) is 4.58. The molecule has 0 bridgehead atoms. The van der Waals surface area contributed by atoms with E-state index in [9.17, 15) is 0 Å². The topological polar surface area (TPSA) is 35.5 Å². The zero-order valence-electron chi connectivity index (χ0n) is 7.92. The zero-order chi connectivity index (χ0) is 8.81. The number of nitrogens with zero attached hydrogens (tertiary/aromatic N) is 1. The minimum atomic E-state index is 0.320. The van der Waals surface area contributed by atoms with Gasteiger partial charge in [0.2, 0.25) is 0 Å². The van der Waals surface area contributed by atoms with Crippen molar-refractivity contribution < 1.29 is 5.11 Å². The number of aliphatic hydroxyl groups excluding tert-OH is 1. The van der Waals surface area contributed by atoms with Crippen LogP contribution >= 0.6 is 0 Å². The molecule has 0 aromatic rings. The van der Waals surface area contributed by atoms with Crippen molar-refractivity contribution in [1.82, 2.24) is 10.2 Å². The first-order valence-electron chi connectivity index (χ1n) is 4.94. The Bertz CT molecular complexity index is 115. The predicted octanol–water partition coefficient (Wildman–Crippen LogP) is 0.0526. The molecule has 0 spiro atoms. The van der Waals surface area contributed by atoms with E-state index in [0.717, 1.165) is 32.1 Å². The van der Waals surface area contributed by atoms with Crippen LogP contribution in [0.2, 0.25) is 0 Å². The lowest BCUT2D eigenvalue weighted by Crippen LogP contribution is -2.57. The van der Waals surface area contributed by atoms with Crippen molar-refractivity contribution in [2.45, 2.75) is 25.8 Å². The third-order valence-electron chi connectivity index (χ3n) is 2.39. The first kappa shape index (κ1) is 9.96. The van der Waals surface area contributed by atoms with Gasteiger partial charge in [-0.05, 0) is 19.4 Å². The van der Waals surface area contributed by atoms with E-state index in [2.05, 4.69) is 17.1 Å². The summed E-state index contributed by atoms with van der Waals surface area (Å²) in [5.41, 5.74) is 0. The van der Waals surface area contributed by atoms with Gasteiger partial charge in [0.25, 0.3) is 0 Å². The number of aliphatic hydroxyl groups is 1. The second kappa shape index (κ2) is 5.51. The van der Waals surface area contributed by atoms with E-state index in [4.69, 9.17) is 5.11 Å². The van der Waals surface area contributed by atoms with E-state index in [1.807, 2.05) is 0 Å². The van der Waals surface area contributed by atoms with E-state index in [0.29, 0.717) is 6.61 Å². The fraction of sp³-hybridized carbons (Fsp3) is 1.00. The molecule has 0 atom stereocenters. The lowest BCUT2D eigenvalue weighted by molar-refractivity contribution is 0.133. The van der Waals surface area contributed by atoms with Crippen LogP contribution in [0.4, 0.5) is 0 Å². The Hall–Kier alpha value is -0.120. The highest BCUT2D eigenvalue weighted by Gasteiger charge is 2.22. The minimum Gasteiger partial charge on any atom is -0.396 e. The summed E-state index contributed by atoms with van der Waals surface area (Å²) in [5, 5.41) is 12.0. The lowest BCUT2D eigenvalue weighted by atomic mass is 10.1. The number of hydrogen-bond donors (Lipinski definition) is 2. The molecule has 0 amide bonds. The van der Waals surface area contributed by atoms with Crippen LogP contribution in [0.1, 0.15) is 19.8 Å². The highest BCUT2D eigenvalue weighted by atomic mass is 16.3. The van der Waals surface area contributed by atoms with Crippen molar-refractivity contribution in [1.29, 1.82) is 0 Å². The maximum atomic E-state index is 8.71. The van der Waals surface area contributed by atoms with E-state index in [1.165, 1.54) is 13.0 Å². The summed E-state index contributed by atoms with van der Waals surface area (Å²) in [4.78, 5) is 2.48. The summed E-state index contributed by atoms with van der Waals surface area (Å²) in [5.74, 6) is 0. The molecule has 0 aliphatic carbocycles. The van der Waals surface area contributed by atoms with Gasteiger partial charge in [-0.15, -0.1) is 0 Å². The average molecular weight is 172 g/mol. The van der Waals surface area contributed by atoms with Crippen molar-refractivity contribution in [3.63, 3.8) is 0 Å². The number of hydrogen-bond acceptors (Lipinski definition) is 3. The molecule has 72 valence electrons. The van der Waals surface area contributed by atoms with Gasteiger partial charge in [0.15, 0.2) is 0 Å². The standard InChI is InChI=1S/C9H20N2O/c1-2-4-11(5-3-6-12)9-7-10-8-9/h9-10,12H,2-8H2,1H3. The molecule has 1 aliphatic rings. The Morgan fingerprint density at radius 2 is 2.17 bits per heavy atom. The average Bonchev–Trinajstić information content (AvgIpc) is 1.97. The van der Waals surface area contributed by atoms with Crippen LogP contribution < -0.4 is 5.32 Å². The van der Waals surface area contributed by atoms with Gasteiger partial charge < -0.3 is 10.4 Å². The summed E-state index contributed by atoms with van der Waals surface area (Å²) in [6, 6.07) is 0.733. The molecule has 0 unspecified atom stereocenters. The van der Waals surface area contributed by atoms with Crippen LogP contribution in [-0.4, -0.2) is 48.8 Å². The molecule has 0 saturated carbocycles. The molecule has 3 heteroatoms. The van der Waals surface area contributed by atoms with Crippen molar-refractivity contribution in [2.75, 3.05) is 32.8 Å². The molecule has 1 saturated heterocycles. The maximum Gasteiger partial charge on any atom is 0.0443 e. The molecule has 1 fully saturated rings. The monoisotopic (exact) mass is 172 g/mol. The minimum absolute atomic E-state index is 0.320. The van der Waals surface area contributed by atoms with Crippen molar-refractivity contribution >= 4 is 0 Å². The number of rotatable bonds is 6. The van der Waals surface area contributed by atoms with Gasteiger partial charge in [0, 0.05) is 32.3 Å². The van der Waals surface area contributed by atoms with E-state index in [1.54, 1.807) is 0 Å². The Morgan fingerprint density at radius 3 is 2.58 bits per heavy atom. The second-order valence-corrected chi connectivity index (χ2v) is 3.43. The number of nitrogens with one attached hydrogen (secondary N) is 1. The van der Waals surface area contributed by atoms with Gasteiger partial charge in [-0.2, -0.15) is 0 Å². The van der Waals surface area contributed by atoms with E-state index >= 15 is 0 Å². The smallest absolute Gasteiger partial charge is 0.0443 e.